The summed E-state index contributed by atoms with van der Waals surface area (Å²) in [6.45, 7) is 0. The average Bonchev–Trinajstić information content (AvgIpc) is 3.00. The van der Waals surface area contributed by atoms with Crippen molar-refractivity contribution in [2.75, 3.05) is 10.2 Å². The number of halogens is 3. The van der Waals surface area contributed by atoms with E-state index in [9.17, 15) is 9.36 Å². The fraction of sp³-hybridized carbons (Fsp3) is 0.125. The molecule has 0 fully saturated rings. The Morgan fingerprint density at radius 2 is 1.57 bits per heavy atom. The van der Waals surface area contributed by atoms with E-state index >= 15 is 0 Å². The van der Waals surface area contributed by atoms with E-state index in [4.69, 9.17) is 34.8 Å². The Hall–Kier alpha value is -0.570. The van der Waals surface area contributed by atoms with Gasteiger partial charge in [0, 0.05) is 23.2 Å². The molecular weight excluding hydrogens is 400 g/mol. The van der Waals surface area contributed by atoms with E-state index in [0.29, 0.717) is 10.3 Å². The van der Waals surface area contributed by atoms with Gasteiger partial charge in [-0.25, -0.2) is 9.97 Å². The molecule has 0 saturated carbocycles. The number of amides is 1. The van der Waals surface area contributed by atoms with Crippen molar-refractivity contribution in [1.29, 1.82) is 0 Å². The summed E-state index contributed by atoms with van der Waals surface area (Å²) in [5.41, 5.74) is 0. The lowest BCUT2D eigenvalue weighted by molar-refractivity contribution is -0.118. The van der Waals surface area contributed by atoms with E-state index in [2.05, 4.69) is 25.2 Å². The lowest BCUT2D eigenvalue weighted by Gasteiger charge is -2.22. The molecule has 1 amide bonds. The average molecular weight is 407 g/mol. The molecule has 0 atom stereocenters. The maximum Gasteiger partial charge on any atom is 0.358 e. The second-order valence-corrected chi connectivity index (χ2v) is 9.41. The number of nitrogens with one attached hydrogen (secondary N) is 3. The van der Waals surface area contributed by atoms with Crippen molar-refractivity contribution in [3.05, 3.63) is 23.2 Å². The maximum atomic E-state index is 12.8. The van der Waals surface area contributed by atoms with Crippen LogP contribution >= 0.6 is 65.1 Å². The van der Waals surface area contributed by atoms with E-state index in [0.717, 1.165) is 0 Å². The largest absolute Gasteiger partial charge is 0.358 e. The lowest BCUT2D eigenvalue weighted by Crippen LogP contribution is -2.36. The molecule has 0 aliphatic carbocycles. The van der Waals surface area contributed by atoms with Crippen molar-refractivity contribution in [2.24, 2.45) is 0 Å². The molecule has 0 aromatic carbocycles. The molecule has 13 heteroatoms. The van der Waals surface area contributed by atoms with Crippen LogP contribution in [0, 0.1) is 0 Å². The van der Waals surface area contributed by atoms with Gasteiger partial charge in [0.15, 0.2) is 10.3 Å². The summed E-state index contributed by atoms with van der Waals surface area (Å²) in [6.07, 6.45) is 3.02. The van der Waals surface area contributed by atoms with Gasteiger partial charge in [0.25, 0.3) is 9.70 Å². The molecule has 0 unspecified atom stereocenters. The molecular formula is C8H7Cl3N5O2PS2. The minimum absolute atomic E-state index is 0.326. The van der Waals surface area contributed by atoms with Gasteiger partial charge >= 0.3 is 7.59 Å². The highest BCUT2D eigenvalue weighted by atomic mass is 35.6. The summed E-state index contributed by atoms with van der Waals surface area (Å²) in [5, 5.41) is 11.3. The Bertz CT molecular complexity index is 605. The number of thiazole rings is 2. The molecule has 0 saturated heterocycles. The normalized spacial score (nSPS) is 12.0. The number of nitrogens with zero attached hydrogens (tertiary/aromatic N) is 2. The fourth-order valence-electron chi connectivity index (χ4n) is 1.12. The first-order valence-corrected chi connectivity index (χ1v) is 9.73. The first-order chi connectivity index (χ1) is 9.78. The van der Waals surface area contributed by atoms with Gasteiger partial charge in [0.05, 0.1) is 0 Å². The molecule has 3 N–H and O–H groups in total. The fourth-order valence-corrected chi connectivity index (χ4v) is 4.67. The van der Waals surface area contributed by atoms with Gasteiger partial charge in [-0.05, 0) is 0 Å². The van der Waals surface area contributed by atoms with Crippen molar-refractivity contribution >= 4 is 81.2 Å². The summed E-state index contributed by atoms with van der Waals surface area (Å²) >= 11 is 18.8. The number of carbonyl (C=O) groups is 1. The van der Waals surface area contributed by atoms with Crippen LogP contribution in [0.2, 0.25) is 0 Å². The Morgan fingerprint density at radius 3 is 1.90 bits per heavy atom. The van der Waals surface area contributed by atoms with E-state index in [-0.39, 0.29) is 0 Å². The van der Waals surface area contributed by atoms with Crippen LogP contribution in [-0.2, 0) is 9.36 Å². The third kappa shape index (κ3) is 4.98. The van der Waals surface area contributed by atoms with Gasteiger partial charge in [0.2, 0.25) is 0 Å². The topological polar surface area (TPSA) is 96.0 Å². The first kappa shape index (κ1) is 16.8. The lowest BCUT2D eigenvalue weighted by atomic mass is 10.7. The van der Waals surface area contributed by atoms with Crippen molar-refractivity contribution in [1.82, 2.24) is 15.1 Å². The van der Waals surface area contributed by atoms with Crippen LogP contribution in [0.4, 0.5) is 10.3 Å². The van der Waals surface area contributed by atoms with Crippen LogP contribution in [-0.4, -0.2) is 19.7 Å². The predicted octanol–water partition coefficient (Wildman–Crippen LogP) is 3.72. The molecule has 0 radical (unpaired) electrons. The number of aromatic nitrogens is 2. The maximum absolute atomic E-state index is 12.8. The molecule has 0 aliphatic rings. The van der Waals surface area contributed by atoms with Crippen LogP contribution in [0.25, 0.3) is 0 Å². The van der Waals surface area contributed by atoms with Crippen molar-refractivity contribution in [3.8, 4) is 0 Å². The second-order valence-electron chi connectivity index (χ2n) is 3.45. The van der Waals surface area contributed by atoms with E-state index < -0.39 is 17.3 Å². The number of carbonyl (C=O) groups excluding carboxylic acids is 1. The van der Waals surface area contributed by atoms with E-state index in [1.165, 1.54) is 35.1 Å². The Kier molecular flexibility index (Phi) is 5.34. The second kappa shape index (κ2) is 6.68. The SMILES string of the molecule is O=C(NP(=O)(Nc1nccs1)Nc1nccs1)C(Cl)(Cl)Cl. The molecule has 0 aliphatic heterocycles. The minimum atomic E-state index is -3.71. The molecule has 2 heterocycles. The molecule has 2 aromatic heterocycles. The van der Waals surface area contributed by atoms with Gasteiger partial charge in [-0.1, -0.05) is 34.8 Å². The van der Waals surface area contributed by atoms with Gasteiger partial charge in [-0.3, -0.25) is 24.6 Å². The molecule has 0 spiro atoms. The Morgan fingerprint density at radius 1 is 1.10 bits per heavy atom. The zero-order valence-electron chi connectivity index (χ0n) is 9.92. The summed E-state index contributed by atoms with van der Waals surface area (Å²) in [6, 6.07) is 0. The number of rotatable bonds is 5. The van der Waals surface area contributed by atoms with Crippen LogP contribution in [0.3, 0.4) is 0 Å². The van der Waals surface area contributed by atoms with Crippen molar-refractivity contribution in [2.45, 2.75) is 3.79 Å². The van der Waals surface area contributed by atoms with Crippen LogP contribution in [0.5, 0.6) is 0 Å². The van der Waals surface area contributed by atoms with E-state index in [1.54, 1.807) is 10.8 Å². The Labute approximate surface area is 142 Å². The number of hydrogen-bond donors (Lipinski definition) is 3. The Balaban J connectivity index is 2.21. The zero-order chi connectivity index (χ0) is 15.5. The standard InChI is InChI=1S/C8H7Cl3N5O2PS2/c9-8(10,11)5(17)14-19(18,15-6-12-1-3-20-6)16-7-13-2-4-21-7/h1-4H,(H3,12,13,14,15,16,17,18). The zero-order valence-corrected chi connectivity index (χ0v) is 14.7. The number of anilines is 2. The minimum Gasteiger partial charge on any atom is -0.279 e. The highest BCUT2D eigenvalue weighted by Gasteiger charge is 2.37. The highest BCUT2D eigenvalue weighted by Crippen LogP contribution is 2.44. The summed E-state index contributed by atoms with van der Waals surface area (Å²) in [5.74, 6) is -1.04. The molecule has 21 heavy (non-hydrogen) atoms. The number of hydrogen-bond acceptors (Lipinski definition) is 6. The van der Waals surface area contributed by atoms with Crippen molar-refractivity contribution < 1.29 is 9.36 Å². The summed E-state index contributed by atoms with van der Waals surface area (Å²) < 4.78 is 10.6. The quantitative estimate of drug-likeness (QED) is 0.517. The number of alkyl halides is 3. The van der Waals surface area contributed by atoms with Crippen LogP contribution < -0.4 is 15.3 Å². The molecule has 114 valence electrons. The van der Waals surface area contributed by atoms with Gasteiger partial charge < -0.3 is 0 Å². The van der Waals surface area contributed by atoms with Gasteiger partial charge in [-0.15, -0.1) is 22.7 Å². The third-order valence-electron chi connectivity index (χ3n) is 1.89. The molecule has 0 bridgehead atoms. The van der Waals surface area contributed by atoms with Crippen molar-refractivity contribution in [3.63, 3.8) is 0 Å². The highest BCUT2D eigenvalue weighted by molar-refractivity contribution is 7.66. The first-order valence-electron chi connectivity index (χ1n) is 5.13. The van der Waals surface area contributed by atoms with E-state index in [1.807, 2.05) is 0 Å². The predicted molar refractivity (Wildman–Crippen MR) is 87.5 cm³/mol. The monoisotopic (exact) mass is 405 g/mol. The summed E-state index contributed by atoms with van der Waals surface area (Å²) in [4.78, 5) is 19.6. The smallest absolute Gasteiger partial charge is 0.279 e. The van der Waals surface area contributed by atoms with Crippen LogP contribution in [0.15, 0.2) is 23.2 Å². The molecule has 2 aromatic rings. The van der Waals surface area contributed by atoms with Crippen LogP contribution in [0.1, 0.15) is 0 Å². The summed E-state index contributed by atoms with van der Waals surface area (Å²) in [7, 11) is -3.71. The molecule has 2 rings (SSSR count). The van der Waals surface area contributed by atoms with Gasteiger partial charge in [-0.2, -0.15) is 0 Å². The molecule has 7 nitrogen and oxygen atoms in total. The van der Waals surface area contributed by atoms with Gasteiger partial charge in [0.1, 0.15) is 0 Å². The third-order valence-corrected chi connectivity index (χ3v) is 5.65.